The first-order valence-electron chi connectivity index (χ1n) is 9.05. The number of amides is 1. The van der Waals surface area contributed by atoms with Crippen LogP contribution in [0.2, 0.25) is 0 Å². The second kappa shape index (κ2) is 7.69. The predicted octanol–water partition coefficient (Wildman–Crippen LogP) is 2.22. The van der Waals surface area contributed by atoms with E-state index >= 15 is 0 Å². The highest BCUT2D eigenvalue weighted by Gasteiger charge is 2.24. The lowest BCUT2D eigenvalue weighted by Gasteiger charge is -2.33. The van der Waals surface area contributed by atoms with Crippen molar-refractivity contribution in [3.63, 3.8) is 0 Å². The average Bonchev–Trinajstić information content (AvgIpc) is 3.10. The second-order valence-corrected chi connectivity index (χ2v) is 7.96. The van der Waals surface area contributed by atoms with Crippen LogP contribution in [0, 0.1) is 0 Å². The van der Waals surface area contributed by atoms with Crippen molar-refractivity contribution in [2.75, 3.05) is 37.4 Å². The van der Waals surface area contributed by atoms with E-state index in [0.717, 1.165) is 27.2 Å². The fourth-order valence-electron chi connectivity index (χ4n) is 3.09. The Morgan fingerprint density at radius 2 is 2.25 bits per heavy atom. The van der Waals surface area contributed by atoms with Crippen molar-refractivity contribution >= 4 is 39.2 Å². The Balaban J connectivity index is 1.53. The minimum Gasteiger partial charge on any atom is -0.384 e. The number of nitrogen functional groups attached to an aromatic ring is 1. The number of hydrogen-bond acceptors (Lipinski definition) is 8. The predicted molar refractivity (Wildman–Crippen MR) is 109 cm³/mol. The Morgan fingerprint density at radius 3 is 3.00 bits per heavy atom. The molecule has 1 aliphatic heterocycles. The van der Waals surface area contributed by atoms with E-state index in [1.165, 1.54) is 0 Å². The first kappa shape index (κ1) is 18.6. The standard InChI is InChI=1S/C19H22N6O2S/c1-12(26)24(2)10-15-7-14-9-22-19(23-18(14)28-15)25-5-6-27-16(11-25)13-3-4-17(20)21-8-13/h3-4,7-9,16H,5-6,10-11H2,1-2H3,(H2,20,21). The lowest BCUT2D eigenvalue weighted by molar-refractivity contribution is -0.128. The third-order valence-electron chi connectivity index (χ3n) is 4.77. The quantitative estimate of drug-likeness (QED) is 0.720. The van der Waals surface area contributed by atoms with Crippen molar-refractivity contribution < 1.29 is 9.53 Å². The van der Waals surface area contributed by atoms with Gasteiger partial charge in [0.2, 0.25) is 11.9 Å². The fourth-order valence-corrected chi connectivity index (χ4v) is 4.14. The highest BCUT2D eigenvalue weighted by molar-refractivity contribution is 7.18. The van der Waals surface area contributed by atoms with E-state index in [9.17, 15) is 4.79 Å². The number of pyridine rings is 1. The molecule has 3 aromatic heterocycles. The molecule has 3 aromatic rings. The molecular formula is C19H22N6O2S. The van der Waals surface area contributed by atoms with Crippen LogP contribution in [-0.2, 0) is 16.1 Å². The summed E-state index contributed by atoms with van der Waals surface area (Å²) in [6, 6.07) is 5.77. The molecule has 2 N–H and O–H groups in total. The van der Waals surface area contributed by atoms with Crippen molar-refractivity contribution in [1.82, 2.24) is 19.9 Å². The zero-order valence-corrected chi connectivity index (χ0v) is 16.6. The van der Waals surface area contributed by atoms with Gasteiger partial charge in [-0.05, 0) is 12.1 Å². The number of hydrogen-bond donors (Lipinski definition) is 1. The van der Waals surface area contributed by atoms with Crippen LogP contribution in [0.15, 0.2) is 30.6 Å². The molecule has 0 radical (unpaired) electrons. The third-order valence-corrected chi connectivity index (χ3v) is 5.80. The van der Waals surface area contributed by atoms with Gasteiger partial charge in [0.25, 0.3) is 0 Å². The topological polar surface area (TPSA) is 97.5 Å². The first-order valence-corrected chi connectivity index (χ1v) is 9.86. The van der Waals surface area contributed by atoms with Gasteiger partial charge < -0.3 is 20.3 Å². The van der Waals surface area contributed by atoms with Crippen LogP contribution >= 0.6 is 11.3 Å². The van der Waals surface area contributed by atoms with Gasteiger partial charge in [0.05, 0.1) is 19.7 Å². The molecule has 4 heterocycles. The van der Waals surface area contributed by atoms with Crippen molar-refractivity contribution in [3.05, 3.63) is 41.0 Å². The van der Waals surface area contributed by atoms with Crippen molar-refractivity contribution in [1.29, 1.82) is 0 Å². The lowest BCUT2D eigenvalue weighted by atomic mass is 10.1. The molecule has 146 valence electrons. The number of rotatable bonds is 4. The molecule has 0 aromatic carbocycles. The summed E-state index contributed by atoms with van der Waals surface area (Å²) in [6.07, 6.45) is 3.51. The summed E-state index contributed by atoms with van der Waals surface area (Å²) in [7, 11) is 1.80. The molecule has 4 rings (SSSR count). The second-order valence-electron chi connectivity index (χ2n) is 6.84. The van der Waals surface area contributed by atoms with Crippen LogP contribution in [0.25, 0.3) is 10.2 Å². The molecule has 0 spiro atoms. The van der Waals surface area contributed by atoms with E-state index < -0.39 is 0 Å². The Kier molecular flexibility index (Phi) is 5.10. The molecule has 1 fully saturated rings. The van der Waals surface area contributed by atoms with E-state index in [1.54, 1.807) is 42.5 Å². The minimum absolute atomic E-state index is 0.0424. The average molecular weight is 398 g/mol. The molecule has 1 saturated heterocycles. The van der Waals surface area contributed by atoms with Crippen LogP contribution in [0.3, 0.4) is 0 Å². The van der Waals surface area contributed by atoms with Gasteiger partial charge in [-0.1, -0.05) is 6.07 Å². The number of thiophene rings is 1. The number of ether oxygens (including phenoxy) is 1. The first-order chi connectivity index (χ1) is 13.5. The number of nitrogens with zero attached hydrogens (tertiary/aromatic N) is 5. The van der Waals surface area contributed by atoms with Gasteiger partial charge in [-0.3, -0.25) is 4.79 Å². The van der Waals surface area contributed by atoms with Gasteiger partial charge in [0, 0.05) is 48.7 Å². The summed E-state index contributed by atoms with van der Waals surface area (Å²) in [5.74, 6) is 1.23. The number of carbonyl (C=O) groups is 1. The summed E-state index contributed by atoms with van der Waals surface area (Å²) < 4.78 is 5.90. The normalized spacial score (nSPS) is 17.1. The van der Waals surface area contributed by atoms with Crippen molar-refractivity contribution in [3.8, 4) is 0 Å². The van der Waals surface area contributed by atoms with Crippen LogP contribution < -0.4 is 10.6 Å². The Morgan fingerprint density at radius 1 is 1.39 bits per heavy atom. The Bertz CT molecular complexity index is 990. The minimum atomic E-state index is -0.0933. The molecule has 1 unspecified atom stereocenters. The molecular weight excluding hydrogens is 376 g/mol. The van der Waals surface area contributed by atoms with Gasteiger partial charge in [-0.15, -0.1) is 11.3 Å². The zero-order chi connectivity index (χ0) is 19.7. The number of nitrogens with two attached hydrogens (primary N) is 1. The maximum absolute atomic E-state index is 11.5. The van der Waals surface area contributed by atoms with E-state index in [0.29, 0.717) is 31.5 Å². The fraction of sp³-hybridized carbons (Fsp3) is 0.368. The molecule has 1 aliphatic rings. The summed E-state index contributed by atoms with van der Waals surface area (Å²) in [5, 5.41) is 0.994. The third kappa shape index (κ3) is 3.90. The van der Waals surface area contributed by atoms with Crippen LogP contribution in [0.1, 0.15) is 23.5 Å². The Labute approximate surface area is 167 Å². The lowest BCUT2D eigenvalue weighted by Crippen LogP contribution is -2.39. The summed E-state index contributed by atoms with van der Waals surface area (Å²) in [6.45, 7) is 4.12. The number of aromatic nitrogens is 3. The zero-order valence-electron chi connectivity index (χ0n) is 15.8. The van der Waals surface area contributed by atoms with Crippen LogP contribution in [-0.4, -0.2) is 52.5 Å². The molecule has 8 nitrogen and oxygen atoms in total. The summed E-state index contributed by atoms with van der Waals surface area (Å²) in [5.41, 5.74) is 6.66. The van der Waals surface area contributed by atoms with Gasteiger partial charge in [-0.25, -0.2) is 15.0 Å². The summed E-state index contributed by atoms with van der Waals surface area (Å²) in [4.78, 5) is 30.8. The number of morpholine rings is 1. The number of carbonyl (C=O) groups excluding carboxylic acids is 1. The highest BCUT2D eigenvalue weighted by atomic mass is 32.1. The molecule has 0 bridgehead atoms. The SMILES string of the molecule is CC(=O)N(C)Cc1cc2cnc(N3CCOC(c4ccc(N)nc4)C3)nc2s1. The molecule has 0 saturated carbocycles. The number of anilines is 2. The Hall–Kier alpha value is -2.78. The van der Waals surface area contributed by atoms with Gasteiger partial charge in [0.1, 0.15) is 16.8 Å². The summed E-state index contributed by atoms with van der Waals surface area (Å²) >= 11 is 1.59. The van der Waals surface area contributed by atoms with Crippen LogP contribution in [0.5, 0.6) is 0 Å². The van der Waals surface area contributed by atoms with E-state index in [-0.39, 0.29) is 12.0 Å². The van der Waals surface area contributed by atoms with E-state index in [1.807, 2.05) is 18.3 Å². The van der Waals surface area contributed by atoms with E-state index in [2.05, 4.69) is 14.9 Å². The van der Waals surface area contributed by atoms with E-state index in [4.69, 9.17) is 15.5 Å². The van der Waals surface area contributed by atoms with Crippen molar-refractivity contribution in [2.24, 2.45) is 0 Å². The molecule has 1 amide bonds. The van der Waals surface area contributed by atoms with Gasteiger partial charge >= 0.3 is 0 Å². The molecule has 0 aliphatic carbocycles. The van der Waals surface area contributed by atoms with Crippen molar-refractivity contribution in [2.45, 2.75) is 19.6 Å². The number of fused-ring (bicyclic) bond motifs is 1. The van der Waals surface area contributed by atoms with Crippen LogP contribution in [0.4, 0.5) is 11.8 Å². The molecule has 28 heavy (non-hydrogen) atoms. The monoisotopic (exact) mass is 398 g/mol. The molecule has 9 heteroatoms. The maximum Gasteiger partial charge on any atom is 0.226 e. The maximum atomic E-state index is 11.5. The van der Waals surface area contributed by atoms with Gasteiger partial charge in [-0.2, -0.15) is 0 Å². The largest absolute Gasteiger partial charge is 0.384 e. The highest BCUT2D eigenvalue weighted by Crippen LogP contribution is 2.28. The van der Waals surface area contributed by atoms with Gasteiger partial charge in [0.15, 0.2) is 0 Å². The smallest absolute Gasteiger partial charge is 0.226 e. The molecule has 1 atom stereocenters.